The lowest BCUT2D eigenvalue weighted by Crippen LogP contribution is -1.80. The van der Waals surface area contributed by atoms with E-state index in [9.17, 15) is 0 Å². The lowest BCUT2D eigenvalue weighted by atomic mass is 10.1. The third-order valence-corrected chi connectivity index (χ3v) is 2.07. The van der Waals surface area contributed by atoms with Gasteiger partial charge in [-0.1, -0.05) is 24.0 Å². The molecular weight excluding hydrogens is 184 g/mol. The molecule has 0 fully saturated rings. The van der Waals surface area contributed by atoms with Crippen molar-refractivity contribution in [1.29, 1.82) is 5.26 Å². The number of aromatic nitrogens is 1. The second kappa shape index (κ2) is 4.26. The Bertz CT molecular complexity index is 577. The SMILES string of the molecule is N#CCC#Cc1cccc2cnccc12. The first-order chi connectivity index (χ1) is 7.42. The average molecular weight is 192 g/mol. The van der Waals surface area contributed by atoms with Crippen molar-refractivity contribution in [3.05, 3.63) is 42.2 Å². The van der Waals surface area contributed by atoms with Crippen LogP contribution >= 0.6 is 0 Å². The Balaban J connectivity index is 2.54. The second-order valence-corrected chi connectivity index (χ2v) is 3.04. The minimum atomic E-state index is 0.265. The van der Waals surface area contributed by atoms with Gasteiger partial charge < -0.3 is 0 Å². The summed E-state index contributed by atoms with van der Waals surface area (Å²) in [6.07, 6.45) is 3.82. The topological polar surface area (TPSA) is 36.7 Å². The fourth-order valence-corrected chi connectivity index (χ4v) is 1.41. The highest BCUT2D eigenvalue weighted by molar-refractivity contribution is 5.87. The summed E-state index contributed by atoms with van der Waals surface area (Å²) in [5, 5.41) is 10.5. The fraction of sp³-hybridized carbons (Fsp3) is 0.0769. The number of pyridine rings is 1. The summed E-state index contributed by atoms with van der Waals surface area (Å²) in [6.45, 7) is 0. The first kappa shape index (κ1) is 9.24. The van der Waals surface area contributed by atoms with Crippen LogP contribution in [0.3, 0.4) is 0 Å². The predicted molar refractivity (Wildman–Crippen MR) is 58.9 cm³/mol. The standard InChI is InChI=1S/C13H8N2/c14-8-2-1-4-11-5-3-6-12-10-15-9-7-13(11)12/h3,5-7,9-10H,2H2. The molecule has 0 bridgehead atoms. The number of nitrogens with zero attached hydrogens (tertiary/aromatic N) is 2. The van der Waals surface area contributed by atoms with E-state index in [2.05, 4.69) is 16.8 Å². The van der Waals surface area contributed by atoms with Gasteiger partial charge in [-0.05, 0) is 12.1 Å². The Morgan fingerprint density at radius 2 is 2.20 bits per heavy atom. The highest BCUT2D eigenvalue weighted by Crippen LogP contribution is 2.16. The molecule has 0 saturated carbocycles. The van der Waals surface area contributed by atoms with E-state index in [1.165, 1.54) is 0 Å². The van der Waals surface area contributed by atoms with Crippen molar-refractivity contribution < 1.29 is 0 Å². The molecule has 2 nitrogen and oxygen atoms in total. The van der Waals surface area contributed by atoms with Crippen molar-refractivity contribution in [1.82, 2.24) is 4.98 Å². The maximum Gasteiger partial charge on any atom is 0.0966 e. The molecule has 1 aromatic heterocycles. The molecule has 0 aliphatic heterocycles. The van der Waals surface area contributed by atoms with E-state index < -0.39 is 0 Å². The molecular formula is C13H8N2. The second-order valence-electron chi connectivity index (χ2n) is 3.04. The number of hydrogen-bond acceptors (Lipinski definition) is 2. The molecule has 2 heteroatoms. The van der Waals surface area contributed by atoms with E-state index in [1.54, 1.807) is 6.20 Å². The molecule has 0 N–H and O–H groups in total. The molecule has 0 aliphatic rings. The zero-order valence-electron chi connectivity index (χ0n) is 8.07. The van der Waals surface area contributed by atoms with Gasteiger partial charge in [-0.15, -0.1) is 0 Å². The highest BCUT2D eigenvalue weighted by Gasteiger charge is 1.96. The van der Waals surface area contributed by atoms with Crippen molar-refractivity contribution in [2.75, 3.05) is 0 Å². The molecule has 70 valence electrons. The molecule has 15 heavy (non-hydrogen) atoms. The third kappa shape index (κ3) is 1.95. The van der Waals surface area contributed by atoms with Crippen LogP contribution in [0.4, 0.5) is 0 Å². The van der Waals surface area contributed by atoms with Crippen molar-refractivity contribution in [3.8, 4) is 17.9 Å². The van der Waals surface area contributed by atoms with Crippen LogP contribution in [0.1, 0.15) is 12.0 Å². The van der Waals surface area contributed by atoms with Gasteiger partial charge in [-0.25, -0.2) is 0 Å². The molecule has 0 aliphatic carbocycles. The van der Waals surface area contributed by atoms with Gasteiger partial charge in [0.25, 0.3) is 0 Å². The van der Waals surface area contributed by atoms with Crippen LogP contribution in [-0.2, 0) is 0 Å². The van der Waals surface area contributed by atoms with Gasteiger partial charge >= 0.3 is 0 Å². The molecule has 1 heterocycles. The number of fused-ring (bicyclic) bond motifs is 1. The Morgan fingerprint density at radius 1 is 1.27 bits per heavy atom. The molecule has 0 unspecified atom stereocenters. The van der Waals surface area contributed by atoms with Crippen LogP contribution in [0.2, 0.25) is 0 Å². The first-order valence-corrected chi connectivity index (χ1v) is 4.60. The van der Waals surface area contributed by atoms with Crippen LogP contribution in [0.15, 0.2) is 36.7 Å². The molecule has 1 aromatic carbocycles. The van der Waals surface area contributed by atoms with Crippen molar-refractivity contribution in [2.24, 2.45) is 0 Å². The Kier molecular flexibility index (Phi) is 2.63. The van der Waals surface area contributed by atoms with Gasteiger partial charge in [0.05, 0.1) is 12.5 Å². The summed E-state index contributed by atoms with van der Waals surface area (Å²) in [7, 11) is 0. The van der Waals surface area contributed by atoms with Gasteiger partial charge in [0, 0.05) is 28.7 Å². The normalized spacial score (nSPS) is 9.00. The lowest BCUT2D eigenvalue weighted by molar-refractivity contribution is 1.36. The molecule has 2 rings (SSSR count). The van der Waals surface area contributed by atoms with E-state index in [0.29, 0.717) is 0 Å². The Morgan fingerprint density at radius 3 is 3.07 bits per heavy atom. The van der Waals surface area contributed by atoms with Crippen LogP contribution in [0, 0.1) is 23.2 Å². The van der Waals surface area contributed by atoms with Gasteiger partial charge in [-0.3, -0.25) is 4.98 Å². The minimum absolute atomic E-state index is 0.265. The van der Waals surface area contributed by atoms with Crippen LogP contribution in [-0.4, -0.2) is 4.98 Å². The molecule has 0 saturated heterocycles. The van der Waals surface area contributed by atoms with E-state index >= 15 is 0 Å². The number of hydrogen-bond donors (Lipinski definition) is 0. The van der Waals surface area contributed by atoms with Crippen LogP contribution < -0.4 is 0 Å². The number of benzene rings is 1. The lowest BCUT2D eigenvalue weighted by Gasteiger charge is -1.98. The summed E-state index contributed by atoms with van der Waals surface area (Å²) in [4.78, 5) is 4.05. The van der Waals surface area contributed by atoms with Crippen molar-refractivity contribution >= 4 is 10.8 Å². The summed E-state index contributed by atoms with van der Waals surface area (Å²) >= 11 is 0. The highest BCUT2D eigenvalue weighted by atomic mass is 14.6. The molecule has 0 atom stereocenters. The van der Waals surface area contributed by atoms with Crippen molar-refractivity contribution in [3.63, 3.8) is 0 Å². The van der Waals surface area contributed by atoms with Gasteiger partial charge in [0.15, 0.2) is 0 Å². The maximum absolute atomic E-state index is 8.40. The van der Waals surface area contributed by atoms with E-state index in [1.807, 2.05) is 36.5 Å². The molecule has 0 radical (unpaired) electrons. The monoisotopic (exact) mass is 192 g/mol. The molecule has 2 aromatic rings. The largest absolute Gasteiger partial charge is 0.264 e. The van der Waals surface area contributed by atoms with E-state index in [4.69, 9.17) is 5.26 Å². The maximum atomic E-state index is 8.40. The predicted octanol–water partition coefficient (Wildman–Crippen LogP) is 2.50. The summed E-state index contributed by atoms with van der Waals surface area (Å²) in [5.74, 6) is 5.80. The van der Waals surface area contributed by atoms with Gasteiger partial charge in [0.1, 0.15) is 0 Å². The van der Waals surface area contributed by atoms with Gasteiger partial charge in [-0.2, -0.15) is 5.26 Å². The van der Waals surface area contributed by atoms with E-state index in [0.717, 1.165) is 16.3 Å². The average Bonchev–Trinajstić information content (AvgIpc) is 2.30. The minimum Gasteiger partial charge on any atom is -0.264 e. The number of rotatable bonds is 0. The van der Waals surface area contributed by atoms with Crippen molar-refractivity contribution in [2.45, 2.75) is 6.42 Å². The van der Waals surface area contributed by atoms with Gasteiger partial charge in [0.2, 0.25) is 0 Å². The third-order valence-electron chi connectivity index (χ3n) is 2.07. The van der Waals surface area contributed by atoms with Crippen LogP contribution in [0.25, 0.3) is 10.8 Å². The summed E-state index contributed by atoms with van der Waals surface area (Å²) in [5.41, 5.74) is 0.949. The Labute approximate surface area is 88.2 Å². The zero-order valence-corrected chi connectivity index (χ0v) is 8.07. The smallest absolute Gasteiger partial charge is 0.0966 e. The fourth-order valence-electron chi connectivity index (χ4n) is 1.41. The number of nitriles is 1. The zero-order chi connectivity index (χ0) is 10.5. The quantitative estimate of drug-likeness (QED) is 0.601. The molecule has 0 amide bonds. The van der Waals surface area contributed by atoms with E-state index in [-0.39, 0.29) is 6.42 Å². The summed E-state index contributed by atoms with van der Waals surface area (Å²) in [6, 6.07) is 9.83. The summed E-state index contributed by atoms with van der Waals surface area (Å²) < 4.78 is 0. The van der Waals surface area contributed by atoms with Crippen LogP contribution in [0.5, 0.6) is 0 Å². The first-order valence-electron chi connectivity index (χ1n) is 4.60. The molecule has 0 spiro atoms. The Hall–Kier alpha value is -2.32.